The van der Waals surface area contributed by atoms with Gasteiger partial charge in [-0.2, -0.15) is 18.4 Å². The molecular formula is C13H12F3NO3S. The second kappa shape index (κ2) is 7.22. The van der Waals surface area contributed by atoms with Crippen molar-refractivity contribution in [3.8, 4) is 11.8 Å². The van der Waals surface area contributed by atoms with Gasteiger partial charge in [0.05, 0.1) is 36.7 Å². The topological polar surface area (TPSA) is 59.3 Å². The third-order valence-electron chi connectivity index (χ3n) is 2.34. The molecule has 0 aliphatic heterocycles. The van der Waals surface area contributed by atoms with Gasteiger partial charge in [-0.05, 0) is 36.4 Å². The monoisotopic (exact) mass is 319 g/mol. The minimum absolute atomic E-state index is 0.0478. The van der Waals surface area contributed by atoms with Gasteiger partial charge in [-0.3, -0.25) is 4.79 Å². The summed E-state index contributed by atoms with van der Waals surface area (Å²) in [5.41, 5.74) is -4.38. The number of hydrogen-bond donors (Lipinski definition) is 0. The van der Waals surface area contributed by atoms with Crippen molar-refractivity contribution in [1.82, 2.24) is 0 Å². The van der Waals surface area contributed by atoms with E-state index >= 15 is 0 Å². The van der Waals surface area contributed by atoms with Crippen LogP contribution in [0.2, 0.25) is 0 Å². The van der Waals surface area contributed by atoms with E-state index in [9.17, 15) is 18.0 Å². The Morgan fingerprint density at radius 3 is 2.57 bits per heavy atom. The lowest BCUT2D eigenvalue weighted by atomic mass is 10.1. The van der Waals surface area contributed by atoms with Crippen LogP contribution in [0.1, 0.15) is 18.1 Å². The zero-order valence-electron chi connectivity index (χ0n) is 11.3. The molecule has 0 spiro atoms. The third-order valence-corrected chi connectivity index (χ3v) is 3.24. The fourth-order valence-electron chi connectivity index (χ4n) is 1.61. The summed E-state index contributed by atoms with van der Waals surface area (Å²) in [4.78, 5) is 11.3. The summed E-state index contributed by atoms with van der Waals surface area (Å²) in [6.45, 7) is 1.71. The van der Waals surface area contributed by atoms with Gasteiger partial charge in [-0.1, -0.05) is 0 Å². The van der Waals surface area contributed by atoms with Crippen LogP contribution in [0.4, 0.5) is 13.2 Å². The predicted molar refractivity (Wildman–Crippen MR) is 70.0 cm³/mol. The molecule has 0 amide bonds. The summed E-state index contributed by atoms with van der Waals surface area (Å²) in [5, 5.41) is 8.89. The summed E-state index contributed by atoms with van der Waals surface area (Å²) in [7, 11) is 1.20. The molecule has 0 aromatic heterocycles. The van der Waals surface area contributed by atoms with Crippen molar-refractivity contribution in [1.29, 1.82) is 5.26 Å². The summed E-state index contributed by atoms with van der Waals surface area (Å²) in [5.74, 6) is -0.769. The number of alkyl halides is 3. The van der Waals surface area contributed by atoms with Gasteiger partial charge in [-0.15, -0.1) is 0 Å². The molecule has 0 unspecified atom stereocenters. The first-order chi connectivity index (χ1) is 9.80. The minimum Gasteiger partial charge on any atom is -0.496 e. The number of hydrogen-bond acceptors (Lipinski definition) is 5. The van der Waals surface area contributed by atoms with Crippen LogP contribution in [0.25, 0.3) is 0 Å². The molecular weight excluding hydrogens is 307 g/mol. The molecule has 1 rings (SSSR count). The number of rotatable bonds is 5. The molecule has 0 aliphatic carbocycles. The molecule has 1 aromatic rings. The van der Waals surface area contributed by atoms with Gasteiger partial charge in [-0.25, -0.2) is 0 Å². The van der Waals surface area contributed by atoms with Crippen LogP contribution in [-0.4, -0.2) is 25.2 Å². The van der Waals surface area contributed by atoms with E-state index < -0.39 is 11.5 Å². The van der Waals surface area contributed by atoms with E-state index in [1.165, 1.54) is 19.2 Å². The molecule has 114 valence electrons. The third kappa shape index (κ3) is 5.19. The van der Waals surface area contributed by atoms with Crippen LogP contribution < -0.4 is 4.74 Å². The molecule has 0 bridgehead atoms. The number of nitriles is 1. The molecule has 0 fully saturated rings. The predicted octanol–water partition coefficient (Wildman–Crippen LogP) is 3.28. The Bertz CT molecular complexity index is 567. The number of halogens is 3. The van der Waals surface area contributed by atoms with Crippen LogP contribution in [0.15, 0.2) is 17.0 Å². The van der Waals surface area contributed by atoms with E-state index in [1.54, 1.807) is 6.92 Å². The van der Waals surface area contributed by atoms with Crippen molar-refractivity contribution in [3.05, 3.63) is 23.3 Å². The maximum absolute atomic E-state index is 12.6. The van der Waals surface area contributed by atoms with Gasteiger partial charge in [0.2, 0.25) is 0 Å². The summed E-state index contributed by atoms with van der Waals surface area (Å²) in [6, 6.07) is 4.24. The van der Waals surface area contributed by atoms with Crippen molar-refractivity contribution >= 4 is 17.7 Å². The molecule has 0 aliphatic rings. The largest absolute Gasteiger partial charge is 0.496 e. The number of ether oxygens (including phenoxy) is 2. The van der Waals surface area contributed by atoms with E-state index in [-0.39, 0.29) is 46.6 Å². The number of esters is 1. The number of thioether (sulfide) groups is 1. The van der Waals surface area contributed by atoms with Crippen LogP contribution >= 0.6 is 11.8 Å². The molecule has 0 saturated heterocycles. The van der Waals surface area contributed by atoms with Crippen LogP contribution in [0.3, 0.4) is 0 Å². The highest BCUT2D eigenvalue weighted by Gasteiger charge is 2.33. The minimum atomic E-state index is -4.54. The molecule has 0 N–H and O–H groups in total. The first-order valence-corrected chi connectivity index (χ1v) is 6.64. The Morgan fingerprint density at radius 2 is 2.10 bits per heavy atom. The normalized spacial score (nSPS) is 10.9. The second-order valence-electron chi connectivity index (χ2n) is 3.81. The molecule has 0 atom stereocenters. The molecule has 0 heterocycles. The van der Waals surface area contributed by atoms with E-state index in [2.05, 4.69) is 0 Å². The number of carbonyl (C=O) groups excluding carboxylic acids is 1. The summed E-state index contributed by atoms with van der Waals surface area (Å²) >= 11 is -0.384. The fourth-order valence-corrected chi connectivity index (χ4v) is 2.34. The SMILES string of the molecule is CCOC(=O)Cc1cc(C#N)cc(OC)c1SC(F)(F)F. The maximum atomic E-state index is 12.6. The van der Waals surface area contributed by atoms with Crippen molar-refractivity contribution in [2.75, 3.05) is 13.7 Å². The van der Waals surface area contributed by atoms with E-state index in [4.69, 9.17) is 14.7 Å². The van der Waals surface area contributed by atoms with Gasteiger partial charge in [0.25, 0.3) is 0 Å². The van der Waals surface area contributed by atoms with Gasteiger partial charge in [0.15, 0.2) is 0 Å². The average molecular weight is 319 g/mol. The van der Waals surface area contributed by atoms with Gasteiger partial charge >= 0.3 is 11.5 Å². The first kappa shape index (κ1) is 17.2. The van der Waals surface area contributed by atoms with Crippen molar-refractivity contribution in [2.24, 2.45) is 0 Å². The molecule has 8 heteroatoms. The Labute approximate surface area is 123 Å². The Balaban J connectivity index is 3.28. The maximum Gasteiger partial charge on any atom is 0.446 e. The molecule has 4 nitrogen and oxygen atoms in total. The first-order valence-electron chi connectivity index (χ1n) is 5.83. The van der Waals surface area contributed by atoms with Crippen molar-refractivity contribution in [3.63, 3.8) is 0 Å². The molecule has 21 heavy (non-hydrogen) atoms. The van der Waals surface area contributed by atoms with E-state index in [0.29, 0.717) is 0 Å². The average Bonchev–Trinajstić information content (AvgIpc) is 2.39. The van der Waals surface area contributed by atoms with Gasteiger partial charge in [0.1, 0.15) is 5.75 Å². The highest BCUT2D eigenvalue weighted by Crippen LogP contribution is 2.44. The highest BCUT2D eigenvalue weighted by atomic mass is 32.2. The number of methoxy groups -OCH3 is 1. The molecule has 1 aromatic carbocycles. The van der Waals surface area contributed by atoms with Crippen molar-refractivity contribution in [2.45, 2.75) is 23.7 Å². The lowest BCUT2D eigenvalue weighted by molar-refractivity contribution is -0.142. The molecule has 0 radical (unpaired) electrons. The van der Waals surface area contributed by atoms with Gasteiger partial charge in [0, 0.05) is 0 Å². The standard InChI is InChI=1S/C13H12F3NO3S/c1-3-20-11(18)6-9-4-8(7-17)5-10(19-2)12(9)21-13(14,15)16/h4-5H,3,6H2,1-2H3. The van der Waals surface area contributed by atoms with Crippen LogP contribution in [0, 0.1) is 11.3 Å². The Hall–Kier alpha value is -1.88. The smallest absolute Gasteiger partial charge is 0.446 e. The number of nitrogens with zero attached hydrogens (tertiary/aromatic N) is 1. The summed E-state index contributed by atoms with van der Waals surface area (Å²) in [6.07, 6.45) is -0.363. The number of benzene rings is 1. The fraction of sp³-hybridized carbons (Fsp3) is 0.385. The lowest BCUT2D eigenvalue weighted by Gasteiger charge is -2.15. The zero-order valence-corrected chi connectivity index (χ0v) is 12.1. The Kier molecular flexibility index (Phi) is 5.90. The summed E-state index contributed by atoms with van der Waals surface area (Å²) < 4.78 is 47.5. The van der Waals surface area contributed by atoms with Crippen LogP contribution in [-0.2, 0) is 16.0 Å². The van der Waals surface area contributed by atoms with Crippen LogP contribution in [0.5, 0.6) is 5.75 Å². The molecule has 0 saturated carbocycles. The van der Waals surface area contributed by atoms with Crippen molar-refractivity contribution < 1.29 is 27.4 Å². The zero-order chi connectivity index (χ0) is 16.0. The van der Waals surface area contributed by atoms with Gasteiger partial charge < -0.3 is 9.47 Å². The highest BCUT2D eigenvalue weighted by molar-refractivity contribution is 8.00. The second-order valence-corrected chi connectivity index (χ2v) is 4.88. The van der Waals surface area contributed by atoms with E-state index in [1.807, 2.05) is 6.07 Å². The van der Waals surface area contributed by atoms with E-state index in [0.717, 1.165) is 0 Å². The number of carbonyl (C=O) groups is 1. The lowest BCUT2D eigenvalue weighted by Crippen LogP contribution is -2.10. The Morgan fingerprint density at radius 1 is 1.43 bits per heavy atom. The quantitative estimate of drug-likeness (QED) is 0.616.